The minimum atomic E-state index is -0.428. The second-order valence-corrected chi connectivity index (χ2v) is 6.07. The molecule has 4 nitrogen and oxygen atoms in total. The number of nitrogens with zero attached hydrogens (tertiary/aromatic N) is 1. The average Bonchev–Trinajstić information content (AvgIpc) is 2.95. The summed E-state index contributed by atoms with van der Waals surface area (Å²) in [4.78, 5) is 5.19. The van der Waals surface area contributed by atoms with Crippen LogP contribution in [0.3, 0.4) is 0 Å². The number of unbranched alkanes of at least 4 members (excludes halogenated alkanes) is 5. The highest BCUT2D eigenvalue weighted by Gasteiger charge is 2.04. The first-order valence-corrected chi connectivity index (χ1v) is 8.54. The summed E-state index contributed by atoms with van der Waals surface area (Å²) in [7, 11) is 0. The van der Waals surface area contributed by atoms with E-state index in [1.54, 1.807) is 11.3 Å². The normalized spacial score (nSPS) is 12.7. The molecule has 1 unspecified atom stereocenters. The SMILES string of the molecule is CCCCCCCCOCC(O)CNCc1cncs1. The summed E-state index contributed by atoms with van der Waals surface area (Å²) in [6.45, 7) is 4.74. The molecular weight excluding hydrogens is 272 g/mol. The summed E-state index contributed by atoms with van der Waals surface area (Å²) in [5.41, 5.74) is 1.82. The minimum Gasteiger partial charge on any atom is -0.389 e. The van der Waals surface area contributed by atoms with Gasteiger partial charge in [-0.3, -0.25) is 4.98 Å². The number of aromatic nitrogens is 1. The zero-order valence-electron chi connectivity index (χ0n) is 12.5. The Hall–Kier alpha value is -0.490. The molecule has 116 valence electrons. The van der Waals surface area contributed by atoms with E-state index in [1.165, 1.54) is 37.0 Å². The van der Waals surface area contributed by atoms with E-state index < -0.39 is 6.10 Å². The fraction of sp³-hybridized carbons (Fsp3) is 0.800. The summed E-state index contributed by atoms with van der Waals surface area (Å²) >= 11 is 1.62. The monoisotopic (exact) mass is 300 g/mol. The molecule has 1 heterocycles. The van der Waals surface area contributed by atoms with Crippen LogP contribution in [-0.4, -0.2) is 36.0 Å². The van der Waals surface area contributed by atoms with Crippen molar-refractivity contribution in [3.05, 3.63) is 16.6 Å². The molecule has 0 amide bonds. The van der Waals surface area contributed by atoms with Crippen molar-refractivity contribution in [1.82, 2.24) is 10.3 Å². The third-order valence-corrected chi connectivity index (χ3v) is 3.89. The van der Waals surface area contributed by atoms with Crippen LogP contribution in [0, 0.1) is 0 Å². The average molecular weight is 300 g/mol. The number of thiazole rings is 1. The van der Waals surface area contributed by atoms with Gasteiger partial charge in [0.05, 0.1) is 18.2 Å². The lowest BCUT2D eigenvalue weighted by molar-refractivity contribution is 0.0353. The molecule has 2 N–H and O–H groups in total. The van der Waals surface area contributed by atoms with E-state index in [-0.39, 0.29) is 0 Å². The van der Waals surface area contributed by atoms with Crippen LogP contribution in [0.2, 0.25) is 0 Å². The molecule has 20 heavy (non-hydrogen) atoms. The van der Waals surface area contributed by atoms with Crippen molar-refractivity contribution in [2.45, 2.75) is 58.1 Å². The number of nitrogens with one attached hydrogen (secondary N) is 1. The zero-order chi connectivity index (χ0) is 14.5. The summed E-state index contributed by atoms with van der Waals surface area (Å²) in [5.74, 6) is 0. The smallest absolute Gasteiger partial charge is 0.0897 e. The van der Waals surface area contributed by atoms with E-state index in [4.69, 9.17) is 4.74 Å². The quantitative estimate of drug-likeness (QED) is 0.550. The van der Waals surface area contributed by atoms with Crippen LogP contribution in [0.15, 0.2) is 11.7 Å². The van der Waals surface area contributed by atoms with Gasteiger partial charge in [0.2, 0.25) is 0 Å². The number of hydrogen-bond donors (Lipinski definition) is 2. The van der Waals surface area contributed by atoms with Gasteiger partial charge in [0, 0.05) is 30.8 Å². The van der Waals surface area contributed by atoms with Gasteiger partial charge in [-0.1, -0.05) is 39.0 Å². The molecule has 0 saturated heterocycles. The molecule has 0 aliphatic rings. The lowest BCUT2D eigenvalue weighted by Crippen LogP contribution is -2.30. The van der Waals surface area contributed by atoms with Gasteiger partial charge >= 0.3 is 0 Å². The minimum absolute atomic E-state index is 0.421. The maximum atomic E-state index is 9.75. The third-order valence-electron chi connectivity index (χ3n) is 3.12. The van der Waals surface area contributed by atoms with Crippen LogP contribution in [0.25, 0.3) is 0 Å². The highest BCUT2D eigenvalue weighted by Crippen LogP contribution is 2.05. The fourth-order valence-electron chi connectivity index (χ4n) is 1.95. The Morgan fingerprint density at radius 3 is 2.85 bits per heavy atom. The highest BCUT2D eigenvalue weighted by molar-refractivity contribution is 7.09. The van der Waals surface area contributed by atoms with Crippen molar-refractivity contribution in [3.63, 3.8) is 0 Å². The molecule has 1 aromatic heterocycles. The van der Waals surface area contributed by atoms with Crippen molar-refractivity contribution >= 4 is 11.3 Å². The molecule has 1 atom stereocenters. The van der Waals surface area contributed by atoms with Crippen molar-refractivity contribution in [1.29, 1.82) is 0 Å². The molecule has 0 aliphatic heterocycles. The lowest BCUT2D eigenvalue weighted by atomic mass is 10.1. The predicted molar refractivity (Wildman–Crippen MR) is 84.0 cm³/mol. The predicted octanol–water partition coefficient (Wildman–Crippen LogP) is 2.97. The number of rotatable bonds is 13. The van der Waals surface area contributed by atoms with Gasteiger partial charge in [0.15, 0.2) is 0 Å². The Morgan fingerprint density at radius 2 is 2.10 bits per heavy atom. The van der Waals surface area contributed by atoms with Crippen molar-refractivity contribution in [3.8, 4) is 0 Å². The summed E-state index contributed by atoms with van der Waals surface area (Å²) in [6, 6.07) is 0. The summed E-state index contributed by atoms with van der Waals surface area (Å²) in [5, 5.41) is 13.0. The molecule has 0 fully saturated rings. The van der Waals surface area contributed by atoms with E-state index in [0.29, 0.717) is 13.2 Å². The number of hydrogen-bond acceptors (Lipinski definition) is 5. The van der Waals surface area contributed by atoms with Gasteiger partial charge in [-0.15, -0.1) is 11.3 Å². The van der Waals surface area contributed by atoms with Crippen LogP contribution in [-0.2, 0) is 11.3 Å². The van der Waals surface area contributed by atoms with Gasteiger partial charge < -0.3 is 15.2 Å². The van der Waals surface area contributed by atoms with E-state index >= 15 is 0 Å². The highest BCUT2D eigenvalue weighted by atomic mass is 32.1. The number of aliphatic hydroxyl groups is 1. The number of aliphatic hydroxyl groups excluding tert-OH is 1. The largest absolute Gasteiger partial charge is 0.389 e. The van der Waals surface area contributed by atoms with Gasteiger partial charge in [-0.05, 0) is 6.42 Å². The van der Waals surface area contributed by atoms with Crippen LogP contribution >= 0.6 is 11.3 Å². The molecule has 0 bridgehead atoms. The van der Waals surface area contributed by atoms with Gasteiger partial charge in [-0.25, -0.2) is 0 Å². The van der Waals surface area contributed by atoms with Crippen LogP contribution in [0.5, 0.6) is 0 Å². The standard InChI is InChI=1S/C15H28N2O2S/c1-2-3-4-5-6-7-8-19-12-14(18)9-16-10-15-11-17-13-20-15/h11,13-14,16,18H,2-10,12H2,1H3. The fourth-order valence-corrected chi connectivity index (χ4v) is 2.52. The van der Waals surface area contributed by atoms with Gasteiger partial charge in [-0.2, -0.15) is 0 Å². The summed E-state index contributed by atoms with van der Waals surface area (Å²) < 4.78 is 5.49. The Balaban J connectivity index is 1.84. The lowest BCUT2D eigenvalue weighted by Gasteiger charge is -2.11. The van der Waals surface area contributed by atoms with E-state index in [9.17, 15) is 5.11 Å². The number of ether oxygens (including phenoxy) is 1. The molecule has 1 rings (SSSR count). The molecule has 1 aromatic rings. The second-order valence-electron chi connectivity index (χ2n) is 5.10. The van der Waals surface area contributed by atoms with E-state index in [1.807, 2.05) is 11.7 Å². The first kappa shape index (κ1) is 17.6. The third kappa shape index (κ3) is 9.42. The molecule has 0 radical (unpaired) electrons. The summed E-state index contributed by atoms with van der Waals surface area (Å²) in [6.07, 6.45) is 9.02. The topological polar surface area (TPSA) is 54.4 Å². The molecule has 0 saturated carbocycles. The van der Waals surface area contributed by atoms with Gasteiger partial charge in [0.25, 0.3) is 0 Å². The zero-order valence-corrected chi connectivity index (χ0v) is 13.3. The second kappa shape index (κ2) is 12.3. The molecule has 0 spiro atoms. The Morgan fingerprint density at radius 1 is 1.30 bits per heavy atom. The maximum absolute atomic E-state index is 9.75. The Kier molecular flexibility index (Phi) is 10.8. The van der Waals surface area contributed by atoms with E-state index in [0.717, 1.165) is 19.6 Å². The van der Waals surface area contributed by atoms with Crippen LogP contribution < -0.4 is 5.32 Å². The molecule has 0 aliphatic carbocycles. The van der Waals surface area contributed by atoms with Crippen LogP contribution in [0.4, 0.5) is 0 Å². The molecule has 0 aromatic carbocycles. The first-order chi connectivity index (χ1) is 9.83. The molecule has 5 heteroatoms. The molecular formula is C15H28N2O2S. The van der Waals surface area contributed by atoms with E-state index in [2.05, 4.69) is 17.2 Å². The Bertz CT molecular complexity index is 307. The van der Waals surface area contributed by atoms with Gasteiger partial charge in [0.1, 0.15) is 0 Å². The Labute approximate surface area is 126 Å². The van der Waals surface area contributed by atoms with Crippen molar-refractivity contribution in [2.75, 3.05) is 19.8 Å². The maximum Gasteiger partial charge on any atom is 0.0897 e. The first-order valence-electron chi connectivity index (χ1n) is 7.66. The van der Waals surface area contributed by atoms with Crippen molar-refractivity contribution in [2.24, 2.45) is 0 Å². The van der Waals surface area contributed by atoms with Crippen molar-refractivity contribution < 1.29 is 9.84 Å². The van der Waals surface area contributed by atoms with Crippen LogP contribution in [0.1, 0.15) is 50.3 Å².